The van der Waals surface area contributed by atoms with Crippen molar-refractivity contribution in [2.75, 3.05) is 18.9 Å². The molecule has 4 rings (SSSR count). The van der Waals surface area contributed by atoms with Crippen molar-refractivity contribution < 1.29 is 90.6 Å². The standard InChI is InChI=1S/C18H28N5O19P3/c1-6(25)36-3-8-12(40-43(27,28)29)13(41-44(30,31)32)10(26)18(38-8)39-11-7(2-24)37-17(14(11)42-45(33,34)35)23-5-22-9-15(19)20-4-21-16(9)23/h4-5,7-8,10-14,17-18,24,26H,2-3H2,1H3,(H2,19,20,21)(H2,27,28,29)(H2,30,31,32)(H2,33,34,35)/p-3/t7-,8-,10-,11-,12-,13-,14-,17-,18-/m1/s1. The Morgan fingerprint density at radius 2 is 1.69 bits per heavy atom. The maximum absolute atomic E-state index is 12.0. The molecule has 0 amide bonds. The third-order valence-corrected chi connectivity index (χ3v) is 7.78. The van der Waals surface area contributed by atoms with E-state index in [1.165, 1.54) is 0 Å². The van der Waals surface area contributed by atoms with Crippen LogP contribution in [0.25, 0.3) is 11.2 Å². The number of fused-ring (bicyclic) bond motifs is 1. The van der Waals surface area contributed by atoms with Gasteiger partial charge in [-0.2, -0.15) is 0 Å². The monoisotopic (exact) mass is 708 g/mol. The van der Waals surface area contributed by atoms with Gasteiger partial charge in [0.2, 0.25) is 0 Å². The van der Waals surface area contributed by atoms with Crippen LogP contribution >= 0.6 is 23.5 Å². The second-order valence-corrected chi connectivity index (χ2v) is 12.8. The van der Waals surface area contributed by atoms with Crippen LogP contribution in [0.4, 0.5) is 5.82 Å². The average Bonchev–Trinajstić information content (AvgIpc) is 3.46. The highest BCUT2D eigenvalue weighted by Gasteiger charge is 2.55. The first kappa shape index (κ1) is 35.8. The SMILES string of the molecule is CC(=O)OC[C@H]1O[C@H](O[C@H]2[C@@H](OP(=O)(O)O)[C@H](n3cnc4c(N)ncnc43)O[C@@H]2CO)[C@H](O)[C@@H](OP(=O)([O-])O)[C@@H]1OP(=O)([O-])[O-]. The zero-order valence-electron chi connectivity index (χ0n) is 22.4. The number of hydrogen-bond acceptors (Lipinski definition) is 20. The lowest BCUT2D eigenvalue weighted by molar-refractivity contribution is -0.364. The Kier molecular flexibility index (Phi) is 10.8. The van der Waals surface area contributed by atoms with Gasteiger partial charge < -0.3 is 77.9 Å². The molecular formula is C18H25N5O19P3-3. The fraction of sp³-hybridized carbons (Fsp3) is 0.667. The summed E-state index contributed by atoms with van der Waals surface area (Å²) in [6.07, 6.45) is -16.4. The summed E-state index contributed by atoms with van der Waals surface area (Å²) < 4.78 is 71.3. The summed E-state index contributed by atoms with van der Waals surface area (Å²) in [6, 6.07) is 0. The Labute approximate surface area is 250 Å². The zero-order chi connectivity index (χ0) is 33.5. The number of ether oxygens (including phenoxy) is 4. The third-order valence-electron chi connectivity index (χ3n) is 6.25. The molecule has 2 saturated heterocycles. The molecule has 45 heavy (non-hydrogen) atoms. The van der Waals surface area contributed by atoms with Crippen LogP contribution in [0.3, 0.4) is 0 Å². The number of aromatic nitrogens is 4. The van der Waals surface area contributed by atoms with E-state index in [4.69, 9.17) is 29.2 Å². The van der Waals surface area contributed by atoms with Gasteiger partial charge in [-0.3, -0.25) is 18.5 Å². The number of imidazole rings is 1. The van der Waals surface area contributed by atoms with Crippen molar-refractivity contribution in [3.05, 3.63) is 12.7 Å². The lowest BCUT2D eigenvalue weighted by atomic mass is 9.99. The molecule has 24 nitrogen and oxygen atoms in total. The van der Waals surface area contributed by atoms with E-state index < -0.39 is 97.9 Å². The fourth-order valence-corrected chi connectivity index (χ4v) is 6.26. The molecule has 7 N–H and O–H groups in total. The molecule has 2 aliphatic heterocycles. The molecule has 2 aromatic heterocycles. The molecule has 10 atom stereocenters. The van der Waals surface area contributed by atoms with E-state index in [2.05, 4.69) is 24.0 Å². The number of nitrogen functional groups attached to an aromatic ring is 1. The van der Waals surface area contributed by atoms with Gasteiger partial charge >= 0.3 is 13.8 Å². The van der Waals surface area contributed by atoms with Gasteiger partial charge in [-0.1, -0.05) is 0 Å². The molecule has 0 spiro atoms. The summed E-state index contributed by atoms with van der Waals surface area (Å²) in [4.78, 5) is 86.3. The van der Waals surface area contributed by atoms with Crippen LogP contribution in [0.5, 0.6) is 0 Å². The number of carbonyl (C=O) groups is 1. The van der Waals surface area contributed by atoms with Gasteiger partial charge in [0.15, 0.2) is 24.0 Å². The number of esters is 1. The lowest BCUT2D eigenvalue weighted by Crippen LogP contribution is -2.62. The number of anilines is 1. The summed E-state index contributed by atoms with van der Waals surface area (Å²) in [5, 5.41) is 21.0. The van der Waals surface area contributed by atoms with Gasteiger partial charge in [0, 0.05) is 6.92 Å². The number of hydrogen-bond donors (Lipinski definition) is 6. The first-order valence-corrected chi connectivity index (χ1v) is 16.7. The molecule has 0 bridgehead atoms. The smallest absolute Gasteiger partial charge is 0.470 e. The van der Waals surface area contributed by atoms with Crippen molar-refractivity contribution in [3.8, 4) is 0 Å². The summed E-state index contributed by atoms with van der Waals surface area (Å²) in [6.45, 7) is -1.01. The average molecular weight is 708 g/mol. The van der Waals surface area contributed by atoms with E-state index in [9.17, 15) is 58.1 Å². The van der Waals surface area contributed by atoms with Crippen LogP contribution in [-0.2, 0) is 51.0 Å². The highest BCUT2D eigenvalue weighted by atomic mass is 31.2. The topological polar surface area (TPSA) is 373 Å². The Hall–Kier alpha value is -2.05. The maximum atomic E-state index is 12.0. The Morgan fingerprint density at radius 3 is 2.27 bits per heavy atom. The summed E-state index contributed by atoms with van der Waals surface area (Å²) in [5.41, 5.74) is 5.79. The van der Waals surface area contributed by atoms with Crippen molar-refractivity contribution in [1.82, 2.24) is 19.5 Å². The van der Waals surface area contributed by atoms with Gasteiger partial charge in [0.05, 0.1) is 20.8 Å². The molecule has 0 saturated carbocycles. The van der Waals surface area contributed by atoms with Gasteiger partial charge in [0.1, 0.15) is 61.2 Å². The van der Waals surface area contributed by atoms with E-state index in [1.807, 2.05) is 0 Å². The van der Waals surface area contributed by atoms with Gasteiger partial charge in [-0.15, -0.1) is 0 Å². The van der Waals surface area contributed by atoms with Crippen molar-refractivity contribution >= 4 is 46.4 Å². The summed E-state index contributed by atoms with van der Waals surface area (Å²) >= 11 is 0. The third kappa shape index (κ3) is 8.86. The minimum absolute atomic E-state index is 0.0261. The van der Waals surface area contributed by atoms with Crippen LogP contribution < -0.4 is 20.4 Å². The number of phosphoric ester groups is 3. The first-order valence-electron chi connectivity index (χ1n) is 12.3. The Bertz CT molecular complexity index is 1510. The molecule has 1 unspecified atom stereocenters. The van der Waals surface area contributed by atoms with Gasteiger partial charge in [-0.05, 0) is 0 Å². The van der Waals surface area contributed by atoms with Crippen molar-refractivity contribution in [2.24, 2.45) is 0 Å². The fourth-order valence-electron chi connectivity index (χ4n) is 4.62. The van der Waals surface area contributed by atoms with E-state index in [0.717, 1.165) is 24.1 Å². The maximum Gasteiger partial charge on any atom is 0.470 e. The number of aliphatic hydroxyl groups excluding tert-OH is 2. The number of phosphoric acid groups is 3. The Morgan fingerprint density at radius 1 is 1.00 bits per heavy atom. The summed E-state index contributed by atoms with van der Waals surface area (Å²) in [5.74, 6) is -1.07. The number of nitrogens with two attached hydrogens (primary N) is 1. The quantitative estimate of drug-likeness (QED) is 0.0886. The number of nitrogens with zero attached hydrogens (tertiary/aromatic N) is 4. The van der Waals surface area contributed by atoms with Crippen molar-refractivity contribution in [3.63, 3.8) is 0 Å². The predicted molar refractivity (Wildman–Crippen MR) is 131 cm³/mol. The number of aliphatic hydroxyl groups is 2. The predicted octanol–water partition coefficient (Wildman–Crippen LogP) is -5.13. The van der Waals surface area contributed by atoms with Gasteiger partial charge in [0.25, 0.3) is 7.82 Å². The zero-order valence-corrected chi connectivity index (χ0v) is 25.1. The lowest BCUT2D eigenvalue weighted by Gasteiger charge is -2.48. The molecule has 2 aliphatic rings. The highest BCUT2D eigenvalue weighted by Crippen LogP contribution is 2.48. The number of rotatable bonds is 12. The first-order chi connectivity index (χ1) is 20.8. The molecule has 27 heteroatoms. The van der Waals surface area contributed by atoms with E-state index >= 15 is 0 Å². The molecular weight excluding hydrogens is 683 g/mol. The molecule has 0 aromatic carbocycles. The van der Waals surface area contributed by atoms with Crippen molar-refractivity contribution in [1.29, 1.82) is 0 Å². The minimum atomic E-state index is -6.02. The van der Waals surface area contributed by atoms with Gasteiger partial charge in [-0.25, -0.2) is 19.5 Å². The highest BCUT2D eigenvalue weighted by molar-refractivity contribution is 7.46. The second-order valence-electron chi connectivity index (χ2n) is 9.38. The van der Waals surface area contributed by atoms with Crippen molar-refractivity contribution in [2.45, 2.75) is 62.2 Å². The largest absolute Gasteiger partial charge is 0.790 e. The van der Waals surface area contributed by atoms with E-state index in [1.54, 1.807) is 0 Å². The molecule has 4 heterocycles. The molecule has 254 valence electrons. The van der Waals surface area contributed by atoms with Crippen LogP contribution in [0.15, 0.2) is 12.7 Å². The minimum Gasteiger partial charge on any atom is -0.790 e. The van der Waals surface area contributed by atoms with E-state index in [-0.39, 0.29) is 17.0 Å². The second kappa shape index (κ2) is 13.6. The van der Waals surface area contributed by atoms with Crippen LogP contribution in [-0.4, -0.2) is 113 Å². The number of carbonyl (C=O) groups excluding carboxylic acids is 1. The summed E-state index contributed by atoms with van der Waals surface area (Å²) in [7, 11) is -17.3. The van der Waals surface area contributed by atoms with E-state index in [0.29, 0.717) is 0 Å². The Balaban J connectivity index is 1.73. The molecule has 2 fully saturated rings. The molecule has 0 aliphatic carbocycles. The molecule has 2 aromatic rings. The van der Waals surface area contributed by atoms with Crippen LogP contribution in [0.2, 0.25) is 0 Å². The molecule has 0 radical (unpaired) electrons. The normalized spacial score (nSPS) is 32.4. The van der Waals surface area contributed by atoms with Crippen LogP contribution in [0.1, 0.15) is 13.2 Å². The van der Waals surface area contributed by atoms with Crippen LogP contribution in [0, 0.1) is 0 Å².